The van der Waals surface area contributed by atoms with Crippen LogP contribution in [0.2, 0.25) is 0 Å². The zero-order valence-electron chi connectivity index (χ0n) is 10.2. The lowest BCUT2D eigenvalue weighted by molar-refractivity contribution is -0.115. The Balaban J connectivity index is 2.40. The highest BCUT2D eigenvalue weighted by Crippen LogP contribution is 2.17. The third kappa shape index (κ3) is 5.59. The van der Waals surface area contributed by atoms with Gasteiger partial charge in [0.25, 0.3) is 0 Å². The first-order valence-electron chi connectivity index (χ1n) is 5.81. The maximum Gasteiger partial charge on any atom is 0.237 e. The standard InChI is InChI=1S/C13H18BrNOS/c1-3-4-9-17-10(2)13(16)15-12-7-5-11(14)6-8-12/h5-8,10H,3-4,9H2,1-2H3,(H,15,16). The predicted octanol–water partition coefficient (Wildman–Crippen LogP) is 4.31. The summed E-state index contributed by atoms with van der Waals surface area (Å²) in [5.74, 6) is 1.12. The molecule has 0 bridgehead atoms. The van der Waals surface area contributed by atoms with Crippen LogP contribution in [0, 0.1) is 0 Å². The molecule has 17 heavy (non-hydrogen) atoms. The average Bonchev–Trinajstić information content (AvgIpc) is 2.32. The maximum absolute atomic E-state index is 11.8. The summed E-state index contributed by atoms with van der Waals surface area (Å²) in [5.41, 5.74) is 0.848. The molecule has 0 aliphatic heterocycles. The van der Waals surface area contributed by atoms with E-state index in [1.54, 1.807) is 11.8 Å². The van der Waals surface area contributed by atoms with E-state index < -0.39 is 0 Å². The van der Waals surface area contributed by atoms with Gasteiger partial charge in [0.1, 0.15) is 0 Å². The van der Waals surface area contributed by atoms with Gasteiger partial charge in [0, 0.05) is 10.2 Å². The topological polar surface area (TPSA) is 29.1 Å². The SMILES string of the molecule is CCCCSC(C)C(=O)Nc1ccc(Br)cc1. The minimum atomic E-state index is 0.00481. The van der Waals surface area contributed by atoms with Crippen LogP contribution in [0.5, 0.6) is 0 Å². The number of nitrogens with one attached hydrogen (secondary N) is 1. The largest absolute Gasteiger partial charge is 0.325 e. The monoisotopic (exact) mass is 315 g/mol. The predicted molar refractivity (Wildman–Crippen MR) is 79.6 cm³/mol. The lowest BCUT2D eigenvalue weighted by Crippen LogP contribution is -2.22. The number of halogens is 1. The molecule has 1 aromatic carbocycles. The second-order valence-corrected chi connectivity index (χ2v) is 6.23. The van der Waals surface area contributed by atoms with E-state index in [-0.39, 0.29) is 11.2 Å². The fourth-order valence-electron chi connectivity index (χ4n) is 1.26. The molecule has 0 saturated heterocycles. The minimum absolute atomic E-state index is 0.00481. The molecule has 0 radical (unpaired) electrons. The van der Waals surface area contributed by atoms with E-state index in [1.165, 1.54) is 12.8 Å². The summed E-state index contributed by atoms with van der Waals surface area (Å²) in [4.78, 5) is 11.8. The molecule has 0 saturated carbocycles. The fourth-order valence-corrected chi connectivity index (χ4v) is 2.54. The summed E-state index contributed by atoms with van der Waals surface area (Å²) < 4.78 is 1.01. The van der Waals surface area contributed by atoms with Gasteiger partial charge in [-0.2, -0.15) is 0 Å². The van der Waals surface area contributed by atoms with Crippen LogP contribution < -0.4 is 5.32 Å². The van der Waals surface area contributed by atoms with Crippen LogP contribution in [0.4, 0.5) is 5.69 Å². The Morgan fingerprint density at radius 2 is 2.06 bits per heavy atom. The maximum atomic E-state index is 11.8. The van der Waals surface area contributed by atoms with E-state index >= 15 is 0 Å². The Kier molecular flexibility index (Phi) is 6.66. The van der Waals surface area contributed by atoms with E-state index in [4.69, 9.17) is 0 Å². The highest BCUT2D eigenvalue weighted by Gasteiger charge is 2.12. The molecule has 0 aliphatic rings. The first-order valence-corrected chi connectivity index (χ1v) is 7.65. The average molecular weight is 316 g/mol. The van der Waals surface area contributed by atoms with Crippen LogP contribution in [0.15, 0.2) is 28.7 Å². The van der Waals surface area contributed by atoms with E-state index in [9.17, 15) is 4.79 Å². The molecule has 1 amide bonds. The van der Waals surface area contributed by atoms with E-state index in [0.29, 0.717) is 0 Å². The third-order valence-electron chi connectivity index (χ3n) is 2.35. The quantitative estimate of drug-likeness (QED) is 0.792. The van der Waals surface area contributed by atoms with Crippen LogP contribution in [0.1, 0.15) is 26.7 Å². The summed E-state index contributed by atoms with van der Waals surface area (Å²) in [6.07, 6.45) is 2.34. The molecule has 1 aromatic rings. The van der Waals surface area contributed by atoms with Crippen molar-refractivity contribution in [2.45, 2.75) is 31.9 Å². The Bertz CT molecular complexity index is 353. The van der Waals surface area contributed by atoms with Crippen molar-refractivity contribution in [2.75, 3.05) is 11.1 Å². The van der Waals surface area contributed by atoms with Crippen molar-refractivity contribution < 1.29 is 4.79 Å². The summed E-state index contributed by atoms with van der Waals surface area (Å²) in [7, 11) is 0. The van der Waals surface area contributed by atoms with Gasteiger partial charge < -0.3 is 5.32 Å². The smallest absolute Gasteiger partial charge is 0.237 e. The first-order chi connectivity index (χ1) is 8.13. The number of anilines is 1. The molecule has 94 valence electrons. The van der Waals surface area contributed by atoms with Crippen molar-refractivity contribution in [3.63, 3.8) is 0 Å². The highest BCUT2D eigenvalue weighted by atomic mass is 79.9. The van der Waals surface area contributed by atoms with Crippen molar-refractivity contribution >= 4 is 39.3 Å². The van der Waals surface area contributed by atoms with Gasteiger partial charge in [0.2, 0.25) is 5.91 Å². The molecule has 4 heteroatoms. The van der Waals surface area contributed by atoms with Gasteiger partial charge in [0.15, 0.2) is 0 Å². The van der Waals surface area contributed by atoms with Crippen LogP contribution in [-0.2, 0) is 4.79 Å². The molecule has 0 aliphatic carbocycles. The lowest BCUT2D eigenvalue weighted by atomic mass is 10.3. The molecule has 0 spiro atoms. The second-order valence-electron chi connectivity index (χ2n) is 3.86. The number of unbranched alkanes of at least 4 members (excludes halogenated alkanes) is 1. The van der Waals surface area contributed by atoms with E-state index in [1.807, 2.05) is 31.2 Å². The Morgan fingerprint density at radius 1 is 1.41 bits per heavy atom. The number of thioether (sulfide) groups is 1. The van der Waals surface area contributed by atoms with Gasteiger partial charge in [-0.25, -0.2) is 0 Å². The fraction of sp³-hybridized carbons (Fsp3) is 0.462. The van der Waals surface area contributed by atoms with Crippen molar-refractivity contribution in [3.05, 3.63) is 28.7 Å². The summed E-state index contributed by atoms with van der Waals surface area (Å²) in [5, 5.41) is 2.92. The van der Waals surface area contributed by atoms with Crippen LogP contribution >= 0.6 is 27.7 Å². The van der Waals surface area contributed by atoms with Crippen LogP contribution in [0.25, 0.3) is 0 Å². The first kappa shape index (κ1) is 14.6. The van der Waals surface area contributed by atoms with Gasteiger partial charge in [-0.3, -0.25) is 4.79 Å². The molecular weight excluding hydrogens is 298 g/mol. The summed E-state index contributed by atoms with van der Waals surface area (Å²) >= 11 is 5.08. The molecule has 1 unspecified atom stereocenters. The summed E-state index contributed by atoms with van der Waals surface area (Å²) in [6, 6.07) is 7.63. The number of hydrogen-bond acceptors (Lipinski definition) is 2. The second kappa shape index (κ2) is 7.77. The zero-order chi connectivity index (χ0) is 12.7. The van der Waals surface area contributed by atoms with Crippen molar-refractivity contribution in [1.82, 2.24) is 0 Å². The normalized spacial score (nSPS) is 12.2. The molecule has 1 atom stereocenters. The van der Waals surface area contributed by atoms with Crippen molar-refractivity contribution in [1.29, 1.82) is 0 Å². The molecular formula is C13H18BrNOS. The number of hydrogen-bond donors (Lipinski definition) is 1. The molecule has 1 N–H and O–H groups in total. The van der Waals surface area contributed by atoms with Gasteiger partial charge >= 0.3 is 0 Å². The van der Waals surface area contributed by atoms with E-state index in [2.05, 4.69) is 28.2 Å². The number of carbonyl (C=O) groups excluding carboxylic acids is 1. The molecule has 0 aromatic heterocycles. The summed E-state index contributed by atoms with van der Waals surface area (Å²) in [6.45, 7) is 4.11. The third-order valence-corrected chi connectivity index (χ3v) is 4.11. The van der Waals surface area contributed by atoms with E-state index in [0.717, 1.165) is 15.9 Å². The lowest BCUT2D eigenvalue weighted by Gasteiger charge is -2.11. The number of benzene rings is 1. The van der Waals surface area contributed by atoms with Gasteiger partial charge in [-0.1, -0.05) is 29.3 Å². The number of amides is 1. The Morgan fingerprint density at radius 3 is 2.65 bits per heavy atom. The Labute approximate surface area is 116 Å². The highest BCUT2D eigenvalue weighted by molar-refractivity contribution is 9.10. The van der Waals surface area contributed by atoms with Gasteiger partial charge in [-0.05, 0) is 43.4 Å². The zero-order valence-corrected chi connectivity index (χ0v) is 12.6. The molecule has 0 heterocycles. The molecule has 2 nitrogen and oxygen atoms in total. The van der Waals surface area contributed by atoms with Crippen LogP contribution in [0.3, 0.4) is 0 Å². The molecule has 0 fully saturated rings. The van der Waals surface area contributed by atoms with Crippen molar-refractivity contribution in [2.24, 2.45) is 0 Å². The minimum Gasteiger partial charge on any atom is -0.325 e. The van der Waals surface area contributed by atoms with Crippen LogP contribution in [-0.4, -0.2) is 16.9 Å². The number of carbonyl (C=O) groups is 1. The number of rotatable bonds is 6. The van der Waals surface area contributed by atoms with Gasteiger partial charge in [0.05, 0.1) is 5.25 Å². The van der Waals surface area contributed by atoms with Crippen molar-refractivity contribution in [3.8, 4) is 0 Å². The Hall–Kier alpha value is -0.480. The van der Waals surface area contributed by atoms with Gasteiger partial charge in [-0.15, -0.1) is 11.8 Å². The molecule has 1 rings (SSSR count).